The molecule has 3 N–H and O–H groups in total. The van der Waals surface area contributed by atoms with Crippen LogP contribution >= 0.6 is 11.6 Å². The summed E-state index contributed by atoms with van der Waals surface area (Å²) in [7, 11) is 0. The fraction of sp³-hybridized carbons (Fsp3) is 0.125. The fourth-order valence-corrected chi connectivity index (χ4v) is 2.63. The van der Waals surface area contributed by atoms with Crippen molar-refractivity contribution in [3.8, 4) is 0 Å². The maximum absolute atomic E-state index is 12.6. The van der Waals surface area contributed by atoms with Crippen LogP contribution in [0.3, 0.4) is 0 Å². The standard InChI is InChI=1S/C16H13ClN4O3/c17-10-3-1-2-9(6-10)12(7-13(22)23)21-16(24)14-11-4-5-18-15(11)20-8-19-14/h1-6,8,12H,7H2,(H,21,24)(H,22,23)(H,18,19,20)/t12-/m0/s1. The minimum atomic E-state index is -1.03. The zero-order valence-electron chi connectivity index (χ0n) is 12.4. The minimum absolute atomic E-state index is 0.179. The second-order valence-electron chi connectivity index (χ2n) is 5.14. The predicted molar refractivity (Wildman–Crippen MR) is 87.8 cm³/mol. The summed E-state index contributed by atoms with van der Waals surface area (Å²) in [6.07, 6.45) is 2.66. The van der Waals surface area contributed by atoms with Gasteiger partial charge in [-0.2, -0.15) is 0 Å². The van der Waals surface area contributed by atoms with E-state index in [1.54, 1.807) is 36.5 Å². The molecule has 0 aliphatic rings. The van der Waals surface area contributed by atoms with Crippen LogP contribution in [-0.2, 0) is 4.79 Å². The van der Waals surface area contributed by atoms with E-state index in [1.807, 2.05) is 0 Å². The first kappa shape index (κ1) is 15.9. The smallest absolute Gasteiger partial charge is 0.305 e. The van der Waals surface area contributed by atoms with Crippen LogP contribution in [0.25, 0.3) is 11.0 Å². The van der Waals surface area contributed by atoms with Crippen molar-refractivity contribution in [3.05, 3.63) is 59.1 Å². The molecule has 0 radical (unpaired) electrons. The summed E-state index contributed by atoms with van der Waals surface area (Å²) in [6.45, 7) is 0. The molecule has 0 unspecified atom stereocenters. The van der Waals surface area contributed by atoms with Crippen LogP contribution in [0, 0.1) is 0 Å². The number of hydrogen-bond acceptors (Lipinski definition) is 4. The lowest BCUT2D eigenvalue weighted by Crippen LogP contribution is -2.31. The number of hydrogen-bond donors (Lipinski definition) is 3. The summed E-state index contributed by atoms with van der Waals surface area (Å²) >= 11 is 5.96. The molecular weight excluding hydrogens is 332 g/mol. The van der Waals surface area contributed by atoms with E-state index in [-0.39, 0.29) is 12.1 Å². The number of halogens is 1. The Kier molecular flexibility index (Phi) is 4.43. The second kappa shape index (κ2) is 6.67. The molecule has 8 heteroatoms. The van der Waals surface area contributed by atoms with Crippen LogP contribution in [-0.4, -0.2) is 31.9 Å². The van der Waals surface area contributed by atoms with E-state index in [0.29, 0.717) is 21.6 Å². The van der Waals surface area contributed by atoms with Crippen LogP contribution in [0.4, 0.5) is 0 Å². The van der Waals surface area contributed by atoms with Gasteiger partial charge in [0, 0.05) is 11.2 Å². The third-order valence-electron chi connectivity index (χ3n) is 3.50. The number of benzene rings is 1. The summed E-state index contributed by atoms with van der Waals surface area (Å²) < 4.78 is 0. The molecule has 0 saturated heterocycles. The zero-order valence-corrected chi connectivity index (χ0v) is 13.1. The third kappa shape index (κ3) is 3.36. The van der Waals surface area contributed by atoms with Crippen LogP contribution in [0.15, 0.2) is 42.9 Å². The third-order valence-corrected chi connectivity index (χ3v) is 3.74. The zero-order chi connectivity index (χ0) is 17.1. The molecule has 1 aromatic carbocycles. The summed E-state index contributed by atoms with van der Waals surface area (Å²) in [4.78, 5) is 34.6. The molecule has 7 nitrogen and oxygen atoms in total. The summed E-state index contributed by atoms with van der Waals surface area (Å²) in [6, 6.07) is 7.69. The van der Waals surface area contributed by atoms with Gasteiger partial charge in [0.15, 0.2) is 0 Å². The number of rotatable bonds is 5. The largest absolute Gasteiger partial charge is 0.481 e. The van der Waals surface area contributed by atoms with E-state index in [0.717, 1.165) is 0 Å². The highest BCUT2D eigenvalue weighted by Crippen LogP contribution is 2.22. The molecule has 1 atom stereocenters. The van der Waals surface area contributed by atoms with Gasteiger partial charge in [-0.05, 0) is 23.8 Å². The number of carbonyl (C=O) groups is 2. The predicted octanol–water partition coefficient (Wildman–Crippen LogP) is 2.56. The van der Waals surface area contributed by atoms with Gasteiger partial charge in [-0.25, -0.2) is 9.97 Å². The normalized spacial score (nSPS) is 12.0. The van der Waals surface area contributed by atoms with Gasteiger partial charge in [0.05, 0.1) is 17.8 Å². The van der Waals surface area contributed by atoms with E-state index in [9.17, 15) is 9.59 Å². The number of carboxylic acid groups (broad SMARTS) is 1. The highest BCUT2D eigenvalue weighted by molar-refractivity contribution is 6.30. The Bertz CT molecular complexity index is 909. The highest BCUT2D eigenvalue weighted by Gasteiger charge is 2.21. The molecule has 0 fully saturated rings. The molecular formula is C16H13ClN4O3. The molecule has 2 heterocycles. The highest BCUT2D eigenvalue weighted by atomic mass is 35.5. The number of nitrogens with zero attached hydrogens (tertiary/aromatic N) is 2. The van der Waals surface area contributed by atoms with Crippen molar-refractivity contribution in [2.24, 2.45) is 0 Å². The molecule has 3 rings (SSSR count). The first-order valence-corrected chi connectivity index (χ1v) is 7.48. The minimum Gasteiger partial charge on any atom is -0.481 e. The number of amides is 1. The Morgan fingerprint density at radius 1 is 1.29 bits per heavy atom. The van der Waals surface area contributed by atoms with Gasteiger partial charge < -0.3 is 15.4 Å². The van der Waals surface area contributed by atoms with E-state index >= 15 is 0 Å². The Labute approximate surface area is 141 Å². The monoisotopic (exact) mass is 344 g/mol. The number of carboxylic acids is 1. The van der Waals surface area contributed by atoms with Crippen molar-refractivity contribution in [2.75, 3.05) is 0 Å². The lowest BCUT2D eigenvalue weighted by Gasteiger charge is -2.17. The van der Waals surface area contributed by atoms with Gasteiger partial charge in [-0.3, -0.25) is 9.59 Å². The topological polar surface area (TPSA) is 108 Å². The Morgan fingerprint density at radius 2 is 2.12 bits per heavy atom. The van der Waals surface area contributed by atoms with Gasteiger partial charge in [-0.15, -0.1) is 0 Å². The van der Waals surface area contributed by atoms with E-state index in [1.165, 1.54) is 6.33 Å². The van der Waals surface area contributed by atoms with Gasteiger partial charge >= 0.3 is 5.97 Å². The van der Waals surface area contributed by atoms with Crippen molar-refractivity contribution in [1.82, 2.24) is 20.3 Å². The Balaban J connectivity index is 1.91. The second-order valence-corrected chi connectivity index (χ2v) is 5.58. The first-order valence-electron chi connectivity index (χ1n) is 7.11. The number of aliphatic carboxylic acids is 1. The van der Waals surface area contributed by atoms with E-state index < -0.39 is 17.9 Å². The average molecular weight is 345 g/mol. The number of H-pyrrole nitrogens is 1. The Hall–Kier alpha value is -2.93. The van der Waals surface area contributed by atoms with Crippen molar-refractivity contribution in [2.45, 2.75) is 12.5 Å². The van der Waals surface area contributed by atoms with Crippen LogP contribution in [0.2, 0.25) is 5.02 Å². The quantitative estimate of drug-likeness (QED) is 0.659. The van der Waals surface area contributed by atoms with Crippen molar-refractivity contribution in [3.63, 3.8) is 0 Å². The fourth-order valence-electron chi connectivity index (χ4n) is 2.43. The maximum atomic E-state index is 12.6. The molecule has 3 aromatic rings. The molecule has 0 aliphatic heterocycles. The number of fused-ring (bicyclic) bond motifs is 1. The summed E-state index contributed by atoms with van der Waals surface area (Å²) in [5.74, 6) is -1.51. The van der Waals surface area contributed by atoms with Gasteiger partial charge in [-0.1, -0.05) is 23.7 Å². The van der Waals surface area contributed by atoms with Crippen molar-refractivity contribution in [1.29, 1.82) is 0 Å². The van der Waals surface area contributed by atoms with Crippen molar-refractivity contribution >= 4 is 34.5 Å². The molecule has 122 valence electrons. The van der Waals surface area contributed by atoms with Gasteiger partial charge in [0.25, 0.3) is 5.91 Å². The molecule has 0 spiro atoms. The lowest BCUT2D eigenvalue weighted by atomic mass is 10.0. The van der Waals surface area contributed by atoms with Gasteiger partial charge in [0.2, 0.25) is 0 Å². The SMILES string of the molecule is O=C(O)C[C@H](NC(=O)c1ncnc2[nH]ccc12)c1cccc(Cl)c1. The summed E-state index contributed by atoms with van der Waals surface area (Å²) in [5, 5.41) is 12.9. The Morgan fingerprint density at radius 3 is 2.88 bits per heavy atom. The van der Waals surface area contributed by atoms with Crippen LogP contribution in [0.5, 0.6) is 0 Å². The number of carbonyl (C=O) groups excluding carboxylic acids is 1. The number of aromatic amines is 1. The molecule has 2 aromatic heterocycles. The van der Waals surface area contributed by atoms with Crippen LogP contribution < -0.4 is 5.32 Å². The molecule has 1 amide bonds. The number of nitrogens with one attached hydrogen (secondary N) is 2. The molecule has 0 saturated carbocycles. The van der Waals surface area contributed by atoms with E-state index in [4.69, 9.17) is 16.7 Å². The van der Waals surface area contributed by atoms with Crippen molar-refractivity contribution < 1.29 is 14.7 Å². The van der Waals surface area contributed by atoms with Gasteiger partial charge in [0.1, 0.15) is 17.7 Å². The average Bonchev–Trinajstić information content (AvgIpc) is 3.02. The molecule has 0 aliphatic carbocycles. The summed E-state index contributed by atoms with van der Waals surface area (Å²) in [5.41, 5.74) is 1.32. The first-order chi connectivity index (χ1) is 11.5. The maximum Gasteiger partial charge on any atom is 0.305 e. The lowest BCUT2D eigenvalue weighted by molar-refractivity contribution is -0.137. The van der Waals surface area contributed by atoms with Crippen LogP contribution in [0.1, 0.15) is 28.5 Å². The molecule has 24 heavy (non-hydrogen) atoms. The number of aromatic nitrogens is 3. The van der Waals surface area contributed by atoms with E-state index in [2.05, 4.69) is 20.3 Å². The molecule has 0 bridgehead atoms.